The van der Waals surface area contributed by atoms with Crippen LogP contribution >= 0.6 is 11.3 Å². The van der Waals surface area contributed by atoms with E-state index in [9.17, 15) is 9.50 Å². The van der Waals surface area contributed by atoms with E-state index >= 15 is 0 Å². The fourth-order valence-electron chi connectivity index (χ4n) is 0.888. The van der Waals surface area contributed by atoms with Crippen LogP contribution in [0.2, 0.25) is 0 Å². The second-order valence-corrected chi connectivity index (χ2v) is 3.25. The molecular formula is C8H12FNOS. The summed E-state index contributed by atoms with van der Waals surface area (Å²) in [5.41, 5.74) is 0.895. The van der Waals surface area contributed by atoms with Crippen LogP contribution in [0.3, 0.4) is 0 Å². The lowest BCUT2D eigenvalue weighted by molar-refractivity contribution is 0.174. The summed E-state index contributed by atoms with van der Waals surface area (Å²) < 4.78 is 11.6. The zero-order chi connectivity index (χ0) is 8.81. The Morgan fingerprint density at radius 1 is 1.67 bits per heavy atom. The van der Waals surface area contributed by atoms with Gasteiger partial charge < -0.3 is 10.4 Å². The van der Waals surface area contributed by atoms with Crippen molar-refractivity contribution in [1.29, 1.82) is 0 Å². The molecule has 12 heavy (non-hydrogen) atoms. The number of nitrogens with one attached hydrogen (secondary N) is 1. The Kier molecular flexibility index (Phi) is 4.21. The number of hydrogen-bond donors (Lipinski definition) is 2. The molecule has 0 aliphatic heterocycles. The lowest BCUT2D eigenvalue weighted by Crippen LogP contribution is -2.23. The largest absolute Gasteiger partial charge is 0.387 e. The topological polar surface area (TPSA) is 32.3 Å². The highest BCUT2D eigenvalue weighted by Crippen LogP contribution is 2.14. The van der Waals surface area contributed by atoms with Crippen molar-refractivity contribution in [2.75, 3.05) is 19.8 Å². The van der Waals surface area contributed by atoms with Crippen molar-refractivity contribution >= 4 is 11.3 Å². The second kappa shape index (κ2) is 5.24. The Bertz CT molecular complexity index is 203. The smallest absolute Gasteiger partial charge is 0.102 e. The average Bonchev–Trinajstić information content (AvgIpc) is 2.56. The van der Waals surface area contributed by atoms with Gasteiger partial charge in [0.05, 0.1) is 6.10 Å². The molecule has 4 heteroatoms. The highest BCUT2D eigenvalue weighted by Gasteiger charge is 2.05. The minimum atomic E-state index is -0.511. The van der Waals surface area contributed by atoms with Gasteiger partial charge in [0.15, 0.2) is 0 Å². The molecule has 0 spiro atoms. The van der Waals surface area contributed by atoms with Gasteiger partial charge in [0, 0.05) is 13.1 Å². The molecule has 0 saturated heterocycles. The van der Waals surface area contributed by atoms with E-state index in [0.717, 1.165) is 5.56 Å². The monoisotopic (exact) mass is 189 g/mol. The highest BCUT2D eigenvalue weighted by molar-refractivity contribution is 7.07. The maximum atomic E-state index is 11.6. The number of aliphatic hydroxyl groups is 1. The van der Waals surface area contributed by atoms with E-state index < -0.39 is 12.8 Å². The van der Waals surface area contributed by atoms with E-state index in [1.54, 1.807) is 11.3 Å². The molecule has 2 N–H and O–H groups in total. The van der Waals surface area contributed by atoms with Crippen LogP contribution in [0.15, 0.2) is 16.8 Å². The van der Waals surface area contributed by atoms with E-state index in [1.807, 2.05) is 16.8 Å². The summed E-state index contributed by atoms with van der Waals surface area (Å²) in [6, 6.07) is 1.87. The van der Waals surface area contributed by atoms with Crippen molar-refractivity contribution < 1.29 is 9.50 Å². The number of alkyl halides is 1. The molecule has 0 aromatic carbocycles. The first-order valence-corrected chi connectivity index (χ1v) is 4.75. The van der Waals surface area contributed by atoms with Crippen LogP contribution in [0.4, 0.5) is 4.39 Å². The van der Waals surface area contributed by atoms with E-state index in [4.69, 9.17) is 0 Å². The molecule has 0 fully saturated rings. The van der Waals surface area contributed by atoms with Crippen LogP contribution in [0, 0.1) is 0 Å². The van der Waals surface area contributed by atoms with Gasteiger partial charge in [0.1, 0.15) is 6.67 Å². The summed E-state index contributed by atoms with van der Waals surface area (Å²) in [7, 11) is 0. The average molecular weight is 189 g/mol. The summed E-state index contributed by atoms with van der Waals surface area (Å²) in [6.45, 7) is 0.332. The number of rotatable bonds is 5. The number of halogens is 1. The Hall–Kier alpha value is -0.450. The number of thiophene rings is 1. The van der Waals surface area contributed by atoms with Crippen molar-refractivity contribution in [1.82, 2.24) is 5.32 Å². The number of aliphatic hydroxyl groups excluding tert-OH is 1. The minimum Gasteiger partial charge on any atom is -0.387 e. The van der Waals surface area contributed by atoms with Gasteiger partial charge in [0.25, 0.3) is 0 Å². The van der Waals surface area contributed by atoms with Crippen LogP contribution < -0.4 is 5.32 Å². The summed E-state index contributed by atoms with van der Waals surface area (Å²) in [5, 5.41) is 16.1. The van der Waals surface area contributed by atoms with Gasteiger partial charge in [0.2, 0.25) is 0 Å². The van der Waals surface area contributed by atoms with Crippen molar-refractivity contribution in [2.45, 2.75) is 6.10 Å². The van der Waals surface area contributed by atoms with Gasteiger partial charge in [-0.05, 0) is 22.4 Å². The molecular weight excluding hydrogens is 177 g/mol. The molecule has 1 rings (SSSR count). The first kappa shape index (κ1) is 9.64. The highest BCUT2D eigenvalue weighted by atomic mass is 32.1. The SMILES string of the molecule is OC(CNCCF)c1ccsc1. The first-order chi connectivity index (χ1) is 5.84. The number of hydrogen-bond acceptors (Lipinski definition) is 3. The summed E-state index contributed by atoms with van der Waals surface area (Å²) in [6.07, 6.45) is -0.511. The van der Waals surface area contributed by atoms with Crippen molar-refractivity contribution in [2.24, 2.45) is 0 Å². The second-order valence-electron chi connectivity index (χ2n) is 2.47. The summed E-state index contributed by atoms with van der Waals surface area (Å²) in [5.74, 6) is 0. The molecule has 1 aromatic rings. The van der Waals surface area contributed by atoms with Crippen LogP contribution in [0.25, 0.3) is 0 Å². The molecule has 1 atom stereocenters. The van der Waals surface area contributed by atoms with Crippen LogP contribution in [-0.2, 0) is 0 Å². The Balaban J connectivity index is 2.25. The van der Waals surface area contributed by atoms with Gasteiger partial charge >= 0.3 is 0 Å². The summed E-state index contributed by atoms with van der Waals surface area (Å²) in [4.78, 5) is 0. The molecule has 0 bridgehead atoms. The third kappa shape index (κ3) is 2.89. The molecule has 0 aliphatic rings. The lowest BCUT2D eigenvalue weighted by Gasteiger charge is -2.08. The molecule has 1 aromatic heterocycles. The van der Waals surface area contributed by atoms with Gasteiger partial charge in [-0.25, -0.2) is 4.39 Å². The van der Waals surface area contributed by atoms with E-state index in [1.165, 1.54) is 0 Å². The van der Waals surface area contributed by atoms with Crippen molar-refractivity contribution in [3.8, 4) is 0 Å². The molecule has 1 unspecified atom stereocenters. The Morgan fingerprint density at radius 2 is 2.50 bits per heavy atom. The van der Waals surface area contributed by atoms with Gasteiger partial charge in [-0.2, -0.15) is 11.3 Å². The predicted molar refractivity (Wildman–Crippen MR) is 48.1 cm³/mol. The molecule has 68 valence electrons. The standard InChI is InChI=1S/C8H12FNOS/c9-2-3-10-5-8(11)7-1-4-12-6-7/h1,4,6,8,10-11H,2-3,5H2. The third-order valence-corrected chi connectivity index (χ3v) is 2.24. The van der Waals surface area contributed by atoms with Crippen LogP contribution in [-0.4, -0.2) is 24.9 Å². The van der Waals surface area contributed by atoms with Gasteiger partial charge in [-0.15, -0.1) is 0 Å². The normalized spacial score (nSPS) is 13.2. The quantitative estimate of drug-likeness (QED) is 0.685. The predicted octanol–water partition coefficient (Wildman–Crippen LogP) is 1.34. The lowest BCUT2D eigenvalue weighted by atomic mass is 10.2. The Labute approximate surface area is 75.0 Å². The third-order valence-electron chi connectivity index (χ3n) is 1.54. The van der Waals surface area contributed by atoms with Crippen LogP contribution in [0.1, 0.15) is 11.7 Å². The maximum Gasteiger partial charge on any atom is 0.102 e. The fraction of sp³-hybridized carbons (Fsp3) is 0.500. The molecule has 0 radical (unpaired) electrons. The van der Waals surface area contributed by atoms with E-state index in [2.05, 4.69) is 5.32 Å². The Morgan fingerprint density at radius 3 is 3.08 bits per heavy atom. The molecule has 2 nitrogen and oxygen atoms in total. The zero-order valence-electron chi connectivity index (χ0n) is 6.66. The minimum absolute atomic E-state index is 0.307. The molecule has 1 heterocycles. The molecule has 0 aliphatic carbocycles. The first-order valence-electron chi connectivity index (χ1n) is 3.81. The van der Waals surface area contributed by atoms with Gasteiger partial charge in [-0.3, -0.25) is 0 Å². The van der Waals surface area contributed by atoms with Crippen LogP contribution in [0.5, 0.6) is 0 Å². The zero-order valence-corrected chi connectivity index (χ0v) is 7.48. The van der Waals surface area contributed by atoms with Crippen molar-refractivity contribution in [3.63, 3.8) is 0 Å². The molecule has 0 saturated carbocycles. The summed E-state index contributed by atoms with van der Waals surface area (Å²) >= 11 is 1.55. The van der Waals surface area contributed by atoms with E-state index in [-0.39, 0.29) is 0 Å². The van der Waals surface area contributed by atoms with Crippen molar-refractivity contribution in [3.05, 3.63) is 22.4 Å². The molecule has 0 amide bonds. The van der Waals surface area contributed by atoms with Gasteiger partial charge in [-0.1, -0.05) is 0 Å². The van der Waals surface area contributed by atoms with E-state index in [0.29, 0.717) is 13.1 Å². The fourth-order valence-corrected chi connectivity index (χ4v) is 1.60. The maximum absolute atomic E-state index is 11.6.